The van der Waals surface area contributed by atoms with E-state index in [4.69, 9.17) is 0 Å². The zero-order valence-electron chi connectivity index (χ0n) is 10.9. The molecular weight excluding hydrogens is 220 g/mol. The number of rotatable bonds is 2. The Hall–Kier alpha value is -1.60. The predicted molar refractivity (Wildman–Crippen MR) is 73.8 cm³/mol. The predicted octanol–water partition coefficient (Wildman–Crippen LogP) is 3.68. The van der Waals surface area contributed by atoms with Crippen LogP contribution in [0.5, 0.6) is 0 Å². The van der Waals surface area contributed by atoms with Crippen molar-refractivity contribution in [1.29, 1.82) is 0 Å². The summed E-state index contributed by atoms with van der Waals surface area (Å²) in [5.41, 5.74) is 6.25. The fourth-order valence-corrected chi connectivity index (χ4v) is 2.76. The van der Waals surface area contributed by atoms with Gasteiger partial charge in [-0.1, -0.05) is 42.5 Å². The third-order valence-electron chi connectivity index (χ3n) is 4.15. The van der Waals surface area contributed by atoms with Crippen LogP contribution in [0.1, 0.15) is 39.8 Å². The maximum Gasteiger partial charge on any atom is 0.0861 e. The summed E-state index contributed by atoms with van der Waals surface area (Å²) in [6.07, 6.45) is 0.615. The molecule has 0 spiro atoms. The Morgan fingerprint density at radius 2 is 1.83 bits per heavy atom. The van der Waals surface area contributed by atoms with Gasteiger partial charge < -0.3 is 5.11 Å². The van der Waals surface area contributed by atoms with Gasteiger partial charge in [-0.2, -0.15) is 0 Å². The van der Waals surface area contributed by atoms with Crippen LogP contribution in [-0.2, 0) is 6.42 Å². The first-order valence-electron chi connectivity index (χ1n) is 6.50. The lowest BCUT2D eigenvalue weighted by Crippen LogP contribution is -2.23. The zero-order chi connectivity index (χ0) is 12.7. The van der Waals surface area contributed by atoms with Gasteiger partial charge in [-0.25, -0.2) is 0 Å². The van der Waals surface area contributed by atoms with Crippen molar-refractivity contribution in [3.63, 3.8) is 0 Å². The Morgan fingerprint density at radius 3 is 2.56 bits per heavy atom. The number of aryl methyl sites for hydroxylation is 2. The molecule has 0 aromatic heterocycles. The lowest BCUT2D eigenvalue weighted by Gasteiger charge is -2.34. The van der Waals surface area contributed by atoms with Gasteiger partial charge in [0.2, 0.25) is 0 Å². The van der Waals surface area contributed by atoms with Crippen LogP contribution in [0, 0.1) is 13.8 Å². The van der Waals surface area contributed by atoms with Crippen molar-refractivity contribution >= 4 is 0 Å². The van der Waals surface area contributed by atoms with Crippen molar-refractivity contribution in [2.24, 2.45) is 0 Å². The van der Waals surface area contributed by atoms with Gasteiger partial charge in [0.25, 0.3) is 0 Å². The van der Waals surface area contributed by atoms with Gasteiger partial charge in [0.05, 0.1) is 6.10 Å². The molecule has 0 bridgehead atoms. The molecule has 0 radical (unpaired) electrons. The lowest BCUT2D eigenvalue weighted by molar-refractivity contribution is 0.134. The van der Waals surface area contributed by atoms with Crippen LogP contribution >= 0.6 is 0 Å². The van der Waals surface area contributed by atoms with E-state index in [0.29, 0.717) is 0 Å². The van der Waals surface area contributed by atoms with E-state index in [2.05, 4.69) is 50.2 Å². The van der Waals surface area contributed by atoms with Crippen molar-refractivity contribution in [3.05, 3.63) is 70.3 Å². The first kappa shape index (κ1) is 11.5. The third-order valence-corrected chi connectivity index (χ3v) is 4.15. The zero-order valence-corrected chi connectivity index (χ0v) is 10.9. The van der Waals surface area contributed by atoms with Crippen molar-refractivity contribution < 1.29 is 5.11 Å². The Bertz CT molecular complexity index is 586. The summed E-state index contributed by atoms with van der Waals surface area (Å²) in [5.74, 6) is 0.267. The second-order valence-electron chi connectivity index (χ2n) is 5.30. The van der Waals surface area contributed by atoms with Gasteiger partial charge in [0.15, 0.2) is 0 Å². The van der Waals surface area contributed by atoms with Crippen LogP contribution in [0.4, 0.5) is 0 Å². The Kier molecular flexibility index (Phi) is 2.71. The molecular formula is C17H18O. The number of benzene rings is 2. The van der Waals surface area contributed by atoms with Crippen molar-refractivity contribution in [3.8, 4) is 0 Å². The van der Waals surface area contributed by atoms with Gasteiger partial charge >= 0.3 is 0 Å². The first-order chi connectivity index (χ1) is 8.66. The van der Waals surface area contributed by atoms with Crippen LogP contribution in [0.15, 0.2) is 42.5 Å². The first-order valence-corrected chi connectivity index (χ1v) is 6.50. The SMILES string of the molecule is Cc1ccc(C(O)C2Cc3ccccc32)cc1C. The summed E-state index contributed by atoms with van der Waals surface area (Å²) < 4.78 is 0. The molecule has 3 rings (SSSR count). The maximum atomic E-state index is 10.5. The average Bonchev–Trinajstić information content (AvgIpc) is 2.34. The van der Waals surface area contributed by atoms with Gasteiger partial charge in [-0.05, 0) is 48.1 Å². The van der Waals surface area contributed by atoms with Crippen LogP contribution in [0.3, 0.4) is 0 Å². The van der Waals surface area contributed by atoms with E-state index in [1.54, 1.807) is 0 Å². The molecule has 1 N–H and O–H groups in total. The highest BCUT2D eigenvalue weighted by atomic mass is 16.3. The molecule has 18 heavy (non-hydrogen) atoms. The van der Waals surface area contributed by atoms with Gasteiger partial charge in [-0.15, -0.1) is 0 Å². The van der Waals surface area contributed by atoms with Crippen molar-refractivity contribution in [2.75, 3.05) is 0 Å². The monoisotopic (exact) mass is 238 g/mol. The minimum atomic E-state index is -0.376. The van der Waals surface area contributed by atoms with Crippen LogP contribution in [-0.4, -0.2) is 5.11 Å². The minimum absolute atomic E-state index is 0.267. The average molecular weight is 238 g/mol. The van der Waals surface area contributed by atoms with Gasteiger partial charge in [0, 0.05) is 5.92 Å². The molecule has 1 aliphatic carbocycles. The minimum Gasteiger partial charge on any atom is -0.388 e. The van der Waals surface area contributed by atoms with Crippen LogP contribution < -0.4 is 0 Å². The van der Waals surface area contributed by atoms with Crippen molar-refractivity contribution in [1.82, 2.24) is 0 Å². The summed E-state index contributed by atoms with van der Waals surface area (Å²) in [7, 11) is 0. The summed E-state index contributed by atoms with van der Waals surface area (Å²) in [5, 5.41) is 10.5. The second-order valence-corrected chi connectivity index (χ2v) is 5.30. The highest BCUT2D eigenvalue weighted by molar-refractivity contribution is 5.43. The molecule has 0 saturated carbocycles. The van der Waals surface area contributed by atoms with E-state index in [0.717, 1.165) is 12.0 Å². The Morgan fingerprint density at radius 1 is 1.06 bits per heavy atom. The molecule has 2 aromatic carbocycles. The highest BCUT2D eigenvalue weighted by Gasteiger charge is 2.32. The van der Waals surface area contributed by atoms with Crippen molar-refractivity contribution in [2.45, 2.75) is 32.3 Å². The van der Waals surface area contributed by atoms with E-state index in [-0.39, 0.29) is 12.0 Å². The van der Waals surface area contributed by atoms with E-state index >= 15 is 0 Å². The number of hydrogen-bond acceptors (Lipinski definition) is 1. The summed E-state index contributed by atoms with van der Waals surface area (Å²) in [6.45, 7) is 4.20. The van der Waals surface area contributed by atoms with E-state index in [1.165, 1.54) is 22.3 Å². The standard InChI is InChI=1S/C17H18O/c1-11-7-8-14(9-12(11)2)17(18)16-10-13-5-3-4-6-15(13)16/h3-9,16-18H,10H2,1-2H3. The lowest BCUT2D eigenvalue weighted by atomic mass is 9.73. The molecule has 1 nitrogen and oxygen atoms in total. The van der Waals surface area contributed by atoms with Crippen LogP contribution in [0.2, 0.25) is 0 Å². The molecule has 0 fully saturated rings. The summed E-state index contributed by atoms with van der Waals surface area (Å²) in [4.78, 5) is 0. The van der Waals surface area contributed by atoms with Gasteiger partial charge in [0.1, 0.15) is 0 Å². The molecule has 0 aliphatic heterocycles. The Balaban J connectivity index is 1.88. The fourth-order valence-electron chi connectivity index (χ4n) is 2.76. The molecule has 0 heterocycles. The maximum absolute atomic E-state index is 10.5. The largest absolute Gasteiger partial charge is 0.388 e. The molecule has 0 saturated heterocycles. The third kappa shape index (κ3) is 1.75. The summed E-state index contributed by atoms with van der Waals surface area (Å²) >= 11 is 0. The van der Waals surface area contributed by atoms with E-state index in [9.17, 15) is 5.11 Å². The molecule has 1 aliphatic rings. The van der Waals surface area contributed by atoms with E-state index in [1.807, 2.05) is 6.07 Å². The molecule has 2 aromatic rings. The number of fused-ring (bicyclic) bond motifs is 1. The quantitative estimate of drug-likeness (QED) is 0.846. The smallest absolute Gasteiger partial charge is 0.0861 e. The van der Waals surface area contributed by atoms with E-state index < -0.39 is 0 Å². The molecule has 2 atom stereocenters. The second kappa shape index (κ2) is 4.25. The molecule has 1 heteroatoms. The fraction of sp³-hybridized carbons (Fsp3) is 0.294. The number of aliphatic hydroxyl groups is 1. The number of hydrogen-bond donors (Lipinski definition) is 1. The van der Waals surface area contributed by atoms with Gasteiger partial charge in [-0.3, -0.25) is 0 Å². The van der Waals surface area contributed by atoms with Crippen LogP contribution in [0.25, 0.3) is 0 Å². The Labute approximate surface area is 108 Å². The molecule has 0 amide bonds. The molecule has 92 valence electrons. The topological polar surface area (TPSA) is 20.2 Å². The highest BCUT2D eigenvalue weighted by Crippen LogP contribution is 2.43. The summed E-state index contributed by atoms with van der Waals surface area (Å²) in [6, 6.07) is 14.7. The normalized spacial score (nSPS) is 18.9. The molecule has 2 unspecified atom stereocenters. The number of aliphatic hydroxyl groups excluding tert-OH is 1.